The van der Waals surface area contributed by atoms with E-state index in [1.54, 1.807) is 12.1 Å². The molecule has 0 atom stereocenters. The van der Waals surface area contributed by atoms with Crippen molar-refractivity contribution in [3.63, 3.8) is 0 Å². The Hall–Kier alpha value is -4.20. The maximum absolute atomic E-state index is 13.2. The van der Waals surface area contributed by atoms with Gasteiger partial charge in [-0.05, 0) is 61.0 Å². The lowest BCUT2D eigenvalue weighted by Gasteiger charge is -2.26. The molecule has 1 N–H and O–H groups in total. The largest absolute Gasteiger partial charge is 0.494 e. The first kappa shape index (κ1) is 21.0. The Bertz CT molecular complexity index is 1170. The number of benzene rings is 2. The normalized spacial score (nSPS) is 15.2. The van der Waals surface area contributed by atoms with Crippen LogP contribution >= 0.6 is 0 Å². The molecule has 2 heterocycles. The molecule has 1 aromatic heterocycles. The van der Waals surface area contributed by atoms with Gasteiger partial charge in [-0.25, -0.2) is 14.1 Å². The number of rotatable bonds is 7. The van der Waals surface area contributed by atoms with Crippen LogP contribution in [0.15, 0.2) is 78.5 Å². The second-order valence-electron chi connectivity index (χ2n) is 7.08. The minimum Gasteiger partial charge on any atom is -0.494 e. The molecule has 0 radical (unpaired) electrons. The van der Waals surface area contributed by atoms with Crippen molar-refractivity contribution >= 4 is 29.6 Å². The van der Waals surface area contributed by atoms with Gasteiger partial charge in [-0.1, -0.05) is 18.2 Å². The number of nitrogens with one attached hydrogen (secondary N) is 1. The summed E-state index contributed by atoms with van der Waals surface area (Å²) in [6, 6.07) is 17.1. The average molecular weight is 433 g/mol. The lowest BCUT2D eigenvalue weighted by molar-refractivity contribution is -0.122. The number of aromatic nitrogens is 1. The molecule has 0 bridgehead atoms. The fourth-order valence-electron chi connectivity index (χ4n) is 3.33. The molecule has 1 fully saturated rings. The van der Waals surface area contributed by atoms with Crippen molar-refractivity contribution in [3.05, 3.63) is 90.0 Å². The molecule has 1 aliphatic heterocycles. The molecule has 1 aliphatic rings. The van der Waals surface area contributed by atoms with E-state index in [9.17, 15) is 18.8 Å². The molecule has 0 unspecified atom stereocenters. The fourth-order valence-corrected chi connectivity index (χ4v) is 3.33. The summed E-state index contributed by atoms with van der Waals surface area (Å²) in [5, 5.41) is 2.16. The summed E-state index contributed by atoms with van der Waals surface area (Å²) in [4.78, 5) is 38.4. The van der Waals surface area contributed by atoms with Crippen molar-refractivity contribution in [2.45, 2.75) is 13.0 Å². The number of anilines is 1. The van der Waals surface area contributed by atoms with E-state index in [1.165, 1.54) is 18.2 Å². The molecule has 1 saturated heterocycles. The number of nitrogens with zero attached hydrogens (tertiary/aromatic N) is 2. The molecular weight excluding hydrogens is 413 g/mol. The van der Waals surface area contributed by atoms with Gasteiger partial charge < -0.3 is 9.30 Å². The van der Waals surface area contributed by atoms with Crippen LogP contribution in [0, 0.1) is 5.82 Å². The minimum absolute atomic E-state index is 0.167. The van der Waals surface area contributed by atoms with Gasteiger partial charge in [0.1, 0.15) is 17.1 Å². The summed E-state index contributed by atoms with van der Waals surface area (Å²) in [6.07, 6.45) is 3.99. The Kier molecular flexibility index (Phi) is 6.12. The van der Waals surface area contributed by atoms with E-state index in [-0.39, 0.29) is 11.3 Å². The Morgan fingerprint density at radius 1 is 0.938 bits per heavy atom. The Morgan fingerprint density at radius 2 is 1.69 bits per heavy atom. The van der Waals surface area contributed by atoms with Gasteiger partial charge in [0, 0.05) is 18.4 Å². The van der Waals surface area contributed by atoms with E-state index in [1.807, 2.05) is 41.1 Å². The van der Waals surface area contributed by atoms with Gasteiger partial charge >= 0.3 is 6.03 Å². The van der Waals surface area contributed by atoms with Crippen molar-refractivity contribution < 1.29 is 23.5 Å². The molecule has 4 amide bonds. The zero-order valence-corrected chi connectivity index (χ0v) is 17.0. The first-order chi connectivity index (χ1) is 15.5. The van der Waals surface area contributed by atoms with Crippen LogP contribution in [-0.4, -0.2) is 29.0 Å². The highest BCUT2D eigenvalue weighted by Gasteiger charge is 2.36. The number of ether oxygens (including phenoxy) is 1. The van der Waals surface area contributed by atoms with Crippen LogP contribution in [0.4, 0.5) is 14.9 Å². The van der Waals surface area contributed by atoms with Crippen molar-refractivity contribution in [2.24, 2.45) is 0 Å². The number of imide groups is 2. The minimum atomic E-state index is -0.878. The van der Waals surface area contributed by atoms with E-state index < -0.39 is 23.7 Å². The van der Waals surface area contributed by atoms with E-state index in [4.69, 9.17) is 4.74 Å². The van der Waals surface area contributed by atoms with Gasteiger partial charge in [0.05, 0.1) is 12.3 Å². The Morgan fingerprint density at radius 3 is 2.44 bits per heavy atom. The predicted molar refractivity (Wildman–Crippen MR) is 116 cm³/mol. The zero-order chi connectivity index (χ0) is 22.5. The highest BCUT2D eigenvalue weighted by Crippen LogP contribution is 2.22. The van der Waals surface area contributed by atoms with Crippen LogP contribution in [0.5, 0.6) is 5.75 Å². The first-order valence-electron chi connectivity index (χ1n) is 10.0. The molecule has 3 aromatic rings. The highest BCUT2D eigenvalue weighted by atomic mass is 19.1. The maximum Gasteiger partial charge on any atom is 0.335 e. The molecule has 32 heavy (non-hydrogen) atoms. The molecule has 7 nitrogen and oxygen atoms in total. The second kappa shape index (κ2) is 9.30. The number of carbonyl (C=O) groups excluding carboxylic acids is 3. The number of carbonyl (C=O) groups is 3. The number of hydrogen-bond donors (Lipinski definition) is 1. The van der Waals surface area contributed by atoms with Gasteiger partial charge in [0.15, 0.2) is 0 Å². The van der Waals surface area contributed by atoms with Crippen molar-refractivity contribution in [1.82, 2.24) is 9.88 Å². The first-order valence-corrected chi connectivity index (χ1v) is 10.0. The quantitative estimate of drug-likeness (QED) is 0.350. The summed E-state index contributed by atoms with van der Waals surface area (Å²) in [6.45, 7) is 1.11. The SMILES string of the molecule is O=C1NC(=O)N(c2ccc(F)cc2)C(=O)C1=Cc1cccn1CCCOc1ccccc1. The van der Waals surface area contributed by atoms with E-state index in [2.05, 4.69) is 5.32 Å². The lowest BCUT2D eigenvalue weighted by Crippen LogP contribution is -2.54. The van der Waals surface area contributed by atoms with Crippen LogP contribution < -0.4 is 15.0 Å². The van der Waals surface area contributed by atoms with Gasteiger partial charge in [-0.15, -0.1) is 0 Å². The molecule has 0 aliphatic carbocycles. The third-order valence-electron chi connectivity index (χ3n) is 4.90. The monoisotopic (exact) mass is 433 g/mol. The van der Waals surface area contributed by atoms with Crippen LogP contribution in [0.3, 0.4) is 0 Å². The highest BCUT2D eigenvalue weighted by molar-refractivity contribution is 6.39. The number of aryl methyl sites for hydroxylation is 1. The summed E-state index contributed by atoms with van der Waals surface area (Å²) in [5.74, 6) is -1.26. The summed E-state index contributed by atoms with van der Waals surface area (Å²) in [5.41, 5.74) is 0.617. The van der Waals surface area contributed by atoms with Gasteiger partial charge in [0.25, 0.3) is 11.8 Å². The molecule has 0 spiro atoms. The maximum atomic E-state index is 13.2. The van der Waals surface area contributed by atoms with Crippen molar-refractivity contribution in [3.8, 4) is 5.75 Å². The average Bonchev–Trinajstić information content (AvgIpc) is 3.23. The summed E-state index contributed by atoms with van der Waals surface area (Å²) in [7, 11) is 0. The third kappa shape index (κ3) is 4.59. The number of barbiturate groups is 1. The number of hydrogen-bond acceptors (Lipinski definition) is 4. The molecule has 4 rings (SSSR count). The Labute approximate surface area is 183 Å². The molecular formula is C24H20FN3O4. The third-order valence-corrected chi connectivity index (χ3v) is 4.90. The van der Waals surface area contributed by atoms with E-state index >= 15 is 0 Å². The standard InChI is InChI=1S/C24H20FN3O4/c25-17-9-11-18(12-10-17)28-23(30)21(22(29)26-24(28)31)16-19-6-4-13-27(19)14-5-15-32-20-7-2-1-3-8-20/h1-4,6-13,16H,5,14-15H2,(H,26,29,31). The zero-order valence-electron chi connectivity index (χ0n) is 17.0. The van der Waals surface area contributed by atoms with Gasteiger partial charge in [-0.2, -0.15) is 0 Å². The van der Waals surface area contributed by atoms with Crippen LogP contribution in [0.2, 0.25) is 0 Å². The van der Waals surface area contributed by atoms with Crippen LogP contribution in [-0.2, 0) is 16.1 Å². The Balaban J connectivity index is 1.48. The number of para-hydroxylation sites is 1. The van der Waals surface area contributed by atoms with Gasteiger partial charge in [-0.3, -0.25) is 14.9 Å². The number of urea groups is 1. The van der Waals surface area contributed by atoms with Crippen molar-refractivity contribution in [2.75, 3.05) is 11.5 Å². The molecule has 8 heteroatoms. The van der Waals surface area contributed by atoms with Crippen LogP contribution in [0.25, 0.3) is 6.08 Å². The molecule has 2 aromatic carbocycles. The summed E-state index contributed by atoms with van der Waals surface area (Å²) < 4.78 is 20.8. The molecule has 162 valence electrons. The topological polar surface area (TPSA) is 80.6 Å². The molecule has 0 saturated carbocycles. The van der Waals surface area contributed by atoms with Crippen molar-refractivity contribution in [1.29, 1.82) is 0 Å². The summed E-state index contributed by atoms with van der Waals surface area (Å²) >= 11 is 0. The predicted octanol–water partition coefficient (Wildman–Crippen LogP) is 3.76. The van der Waals surface area contributed by atoms with E-state index in [0.717, 1.165) is 22.8 Å². The second-order valence-corrected chi connectivity index (χ2v) is 7.08. The smallest absolute Gasteiger partial charge is 0.335 e. The number of halogens is 1. The lowest BCUT2D eigenvalue weighted by atomic mass is 10.1. The fraction of sp³-hybridized carbons (Fsp3) is 0.125. The number of amides is 4. The van der Waals surface area contributed by atoms with E-state index in [0.29, 0.717) is 25.3 Å². The van der Waals surface area contributed by atoms with Crippen LogP contribution in [0.1, 0.15) is 12.1 Å². The van der Waals surface area contributed by atoms with Gasteiger partial charge in [0.2, 0.25) is 0 Å².